The molecule has 1 nitrogen and oxygen atoms in total. The maximum absolute atomic E-state index is 10.9. The lowest BCUT2D eigenvalue weighted by atomic mass is 9.90. The van der Waals surface area contributed by atoms with Crippen molar-refractivity contribution in [2.45, 2.75) is 20.0 Å². The number of rotatable bonds is 2. The molecule has 0 saturated heterocycles. The van der Waals surface area contributed by atoms with E-state index >= 15 is 0 Å². The van der Waals surface area contributed by atoms with Crippen LogP contribution in [0.1, 0.15) is 28.4 Å². The summed E-state index contributed by atoms with van der Waals surface area (Å²) in [5.74, 6) is 0. The normalized spacial score (nSPS) is 12.6. The van der Waals surface area contributed by atoms with Crippen molar-refractivity contribution in [2.75, 3.05) is 0 Å². The van der Waals surface area contributed by atoms with Gasteiger partial charge in [0.25, 0.3) is 0 Å². The van der Waals surface area contributed by atoms with E-state index in [1.165, 1.54) is 0 Å². The van der Waals surface area contributed by atoms with E-state index in [0.717, 1.165) is 33.0 Å². The van der Waals surface area contributed by atoms with E-state index < -0.39 is 6.10 Å². The van der Waals surface area contributed by atoms with Crippen molar-refractivity contribution in [1.82, 2.24) is 0 Å². The Morgan fingerprint density at radius 3 is 2.43 bits per heavy atom. The Balaban J connectivity index is 2.24. The van der Waals surface area contributed by atoms with Crippen LogP contribution in [0.25, 0.3) is 10.8 Å². The number of halogens is 1. The van der Waals surface area contributed by atoms with Crippen LogP contribution >= 0.6 is 11.6 Å². The van der Waals surface area contributed by atoms with Crippen molar-refractivity contribution >= 4 is 22.4 Å². The first kappa shape index (κ1) is 14.1. The highest BCUT2D eigenvalue weighted by Gasteiger charge is 2.18. The maximum atomic E-state index is 10.9. The minimum absolute atomic E-state index is 0.646. The summed E-state index contributed by atoms with van der Waals surface area (Å²) in [5.41, 5.74) is 3.94. The van der Waals surface area contributed by atoms with Crippen LogP contribution in [0.5, 0.6) is 0 Å². The smallest absolute Gasteiger partial charge is 0.105 e. The Kier molecular flexibility index (Phi) is 3.71. The molecule has 1 N–H and O–H groups in total. The number of benzene rings is 3. The third-order valence-electron chi connectivity index (χ3n) is 4.00. The molecule has 1 atom stereocenters. The number of aliphatic hydroxyl groups is 1. The lowest BCUT2D eigenvalue weighted by molar-refractivity contribution is 0.220. The van der Waals surface area contributed by atoms with Gasteiger partial charge in [-0.3, -0.25) is 0 Å². The van der Waals surface area contributed by atoms with E-state index in [1.54, 1.807) is 0 Å². The summed E-state index contributed by atoms with van der Waals surface area (Å²) in [6, 6.07) is 17.9. The number of aliphatic hydroxyl groups excluding tert-OH is 1. The highest BCUT2D eigenvalue weighted by Crippen LogP contribution is 2.34. The first-order valence-electron chi connectivity index (χ1n) is 7.00. The van der Waals surface area contributed by atoms with Crippen LogP contribution in [0.4, 0.5) is 0 Å². The fourth-order valence-corrected chi connectivity index (χ4v) is 3.01. The van der Waals surface area contributed by atoms with Crippen LogP contribution < -0.4 is 0 Å². The van der Waals surface area contributed by atoms with Gasteiger partial charge in [0.15, 0.2) is 0 Å². The molecular formula is C19H17ClO. The van der Waals surface area contributed by atoms with Crippen LogP contribution in [-0.2, 0) is 0 Å². The second-order valence-electron chi connectivity index (χ2n) is 5.42. The van der Waals surface area contributed by atoms with Gasteiger partial charge in [-0.2, -0.15) is 0 Å². The summed E-state index contributed by atoms with van der Waals surface area (Å²) in [6.45, 7) is 4.03. The minimum atomic E-state index is -0.671. The molecular weight excluding hydrogens is 280 g/mol. The van der Waals surface area contributed by atoms with Gasteiger partial charge in [-0.15, -0.1) is 0 Å². The molecule has 2 heteroatoms. The van der Waals surface area contributed by atoms with Gasteiger partial charge in [-0.25, -0.2) is 0 Å². The molecule has 3 rings (SSSR count). The minimum Gasteiger partial charge on any atom is -0.384 e. The molecule has 106 valence electrons. The molecule has 1 unspecified atom stereocenters. The van der Waals surface area contributed by atoms with E-state index in [-0.39, 0.29) is 0 Å². The molecule has 0 amide bonds. The van der Waals surface area contributed by atoms with E-state index in [1.807, 2.05) is 44.2 Å². The van der Waals surface area contributed by atoms with Crippen LogP contribution in [0, 0.1) is 13.8 Å². The average molecular weight is 297 g/mol. The molecule has 0 fully saturated rings. The number of aryl methyl sites for hydroxylation is 2. The molecule has 0 aliphatic carbocycles. The van der Waals surface area contributed by atoms with Crippen LogP contribution in [0.3, 0.4) is 0 Å². The number of fused-ring (bicyclic) bond motifs is 1. The van der Waals surface area contributed by atoms with E-state index in [2.05, 4.69) is 24.3 Å². The van der Waals surface area contributed by atoms with Gasteiger partial charge in [0.1, 0.15) is 6.10 Å². The molecule has 0 heterocycles. The Morgan fingerprint density at radius 2 is 1.62 bits per heavy atom. The summed E-state index contributed by atoms with van der Waals surface area (Å²) in [5, 5.41) is 13.8. The average Bonchev–Trinajstić information content (AvgIpc) is 2.49. The van der Waals surface area contributed by atoms with Crippen LogP contribution in [0.15, 0.2) is 54.6 Å². The standard InChI is InChI=1S/C19H17ClO/c1-12-8-10-15(20)11-17(12)19(21)18-13(2)7-9-14-5-3-4-6-16(14)18/h3-11,19,21H,1-2H3. The Morgan fingerprint density at radius 1 is 0.905 bits per heavy atom. The topological polar surface area (TPSA) is 20.2 Å². The van der Waals surface area contributed by atoms with Crippen LogP contribution in [-0.4, -0.2) is 5.11 Å². The third kappa shape index (κ3) is 2.55. The van der Waals surface area contributed by atoms with Crippen molar-refractivity contribution in [3.8, 4) is 0 Å². The molecule has 21 heavy (non-hydrogen) atoms. The molecule has 0 saturated carbocycles. The first-order valence-corrected chi connectivity index (χ1v) is 7.38. The maximum Gasteiger partial charge on any atom is 0.105 e. The fourth-order valence-electron chi connectivity index (χ4n) is 2.83. The Hall–Kier alpha value is -1.83. The molecule has 0 spiro atoms. The SMILES string of the molecule is Cc1ccc(Cl)cc1C(O)c1c(C)ccc2ccccc12. The molecule has 0 aromatic heterocycles. The molecule has 0 aliphatic heterocycles. The van der Waals surface area contributed by atoms with Crippen molar-refractivity contribution in [2.24, 2.45) is 0 Å². The molecule has 3 aromatic carbocycles. The van der Waals surface area contributed by atoms with Gasteiger partial charge < -0.3 is 5.11 Å². The van der Waals surface area contributed by atoms with Gasteiger partial charge in [0.05, 0.1) is 0 Å². The molecule has 0 bridgehead atoms. The Labute approximate surface area is 129 Å². The largest absolute Gasteiger partial charge is 0.384 e. The van der Waals surface area contributed by atoms with Gasteiger partial charge in [0, 0.05) is 5.02 Å². The van der Waals surface area contributed by atoms with Crippen LogP contribution in [0.2, 0.25) is 5.02 Å². The highest BCUT2D eigenvalue weighted by molar-refractivity contribution is 6.30. The summed E-state index contributed by atoms with van der Waals surface area (Å²) in [7, 11) is 0. The second-order valence-corrected chi connectivity index (χ2v) is 5.86. The zero-order valence-electron chi connectivity index (χ0n) is 12.1. The summed E-state index contributed by atoms with van der Waals surface area (Å²) >= 11 is 6.10. The fraction of sp³-hybridized carbons (Fsp3) is 0.158. The van der Waals surface area contributed by atoms with Crippen molar-refractivity contribution in [3.63, 3.8) is 0 Å². The van der Waals surface area contributed by atoms with Crippen molar-refractivity contribution < 1.29 is 5.11 Å². The zero-order valence-corrected chi connectivity index (χ0v) is 12.9. The predicted molar refractivity (Wildman–Crippen MR) is 88.9 cm³/mol. The first-order chi connectivity index (χ1) is 10.1. The van der Waals surface area contributed by atoms with Crippen molar-refractivity contribution in [3.05, 3.63) is 81.9 Å². The van der Waals surface area contributed by atoms with Gasteiger partial charge in [0.2, 0.25) is 0 Å². The zero-order chi connectivity index (χ0) is 15.0. The number of hydrogen-bond acceptors (Lipinski definition) is 1. The monoisotopic (exact) mass is 296 g/mol. The summed E-state index contributed by atoms with van der Waals surface area (Å²) < 4.78 is 0. The Bertz CT molecular complexity index is 808. The summed E-state index contributed by atoms with van der Waals surface area (Å²) in [6.07, 6.45) is -0.671. The quantitative estimate of drug-likeness (QED) is 0.690. The molecule has 0 radical (unpaired) electrons. The summed E-state index contributed by atoms with van der Waals surface area (Å²) in [4.78, 5) is 0. The van der Waals surface area contributed by atoms with Gasteiger partial charge in [-0.05, 0) is 59.0 Å². The lowest BCUT2D eigenvalue weighted by Crippen LogP contribution is -2.05. The lowest BCUT2D eigenvalue weighted by Gasteiger charge is -2.19. The van der Waals surface area contributed by atoms with Gasteiger partial charge >= 0.3 is 0 Å². The third-order valence-corrected chi connectivity index (χ3v) is 4.23. The second kappa shape index (κ2) is 5.51. The van der Waals surface area contributed by atoms with E-state index in [4.69, 9.17) is 11.6 Å². The molecule has 0 aliphatic rings. The van der Waals surface area contributed by atoms with Gasteiger partial charge in [-0.1, -0.05) is 54.1 Å². The highest BCUT2D eigenvalue weighted by atomic mass is 35.5. The van der Waals surface area contributed by atoms with Crippen molar-refractivity contribution in [1.29, 1.82) is 0 Å². The molecule has 3 aromatic rings. The van der Waals surface area contributed by atoms with E-state index in [0.29, 0.717) is 5.02 Å². The van der Waals surface area contributed by atoms with E-state index in [9.17, 15) is 5.11 Å². The predicted octanol–water partition coefficient (Wildman–Crippen LogP) is 5.19. The number of hydrogen-bond donors (Lipinski definition) is 1.